The molecule has 0 aliphatic carbocycles. The summed E-state index contributed by atoms with van der Waals surface area (Å²) in [5, 5.41) is 9.65. The van der Waals surface area contributed by atoms with Crippen LogP contribution in [-0.2, 0) is 16.4 Å². The van der Waals surface area contributed by atoms with Gasteiger partial charge in [0.2, 0.25) is 0 Å². The van der Waals surface area contributed by atoms with Crippen molar-refractivity contribution in [3.63, 3.8) is 0 Å². The number of imidazole rings is 2. The van der Waals surface area contributed by atoms with Crippen molar-refractivity contribution >= 4 is 9.84 Å². The predicted octanol–water partition coefficient (Wildman–Crippen LogP) is 5.67. The van der Waals surface area contributed by atoms with Crippen LogP contribution in [0.3, 0.4) is 0 Å². The third-order valence-electron chi connectivity index (χ3n) is 7.03. The molecule has 0 saturated heterocycles. The van der Waals surface area contributed by atoms with E-state index in [9.17, 15) is 22.3 Å². The molecule has 3 aromatic carbocycles. The molecule has 2 aromatic heterocycles. The topological polar surface area (TPSA) is 108 Å². The van der Waals surface area contributed by atoms with E-state index in [1.807, 2.05) is 24.6 Å². The minimum atomic E-state index is -3.87. The molecule has 0 spiro atoms. The fraction of sp³-hybridized carbons (Fsp3) is 0.200. The third-order valence-corrected chi connectivity index (χ3v) is 8.20. The zero-order valence-corrected chi connectivity index (χ0v) is 24.2. The SMILES string of the molecule is Cc1cn(-c2ccc(-c3cc(F)c(CO)c(S(C)(=O)=O)c3)cc2-c2nc(C)cn2-c2ccc3c(c2)OC(F)(F)O3)c(C)n1. The molecular weight excluding hydrogens is 585 g/mol. The van der Waals surface area contributed by atoms with Gasteiger partial charge >= 0.3 is 6.29 Å². The fourth-order valence-electron chi connectivity index (χ4n) is 5.20. The molecule has 0 fully saturated rings. The Bertz CT molecular complexity index is 2040. The number of benzene rings is 3. The van der Waals surface area contributed by atoms with Crippen LogP contribution in [0.2, 0.25) is 0 Å². The number of rotatable bonds is 6. The van der Waals surface area contributed by atoms with E-state index in [1.165, 1.54) is 24.3 Å². The smallest absolute Gasteiger partial charge is 0.395 e. The summed E-state index contributed by atoms with van der Waals surface area (Å²) in [4.78, 5) is 8.94. The quantitative estimate of drug-likeness (QED) is 0.264. The second kappa shape index (κ2) is 9.99. The number of hydrogen-bond donors (Lipinski definition) is 1. The second-order valence-corrected chi connectivity index (χ2v) is 12.3. The highest BCUT2D eigenvalue weighted by atomic mass is 32.2. The number of aromatic nitrogens is 4. The van der Waals surface area contributed by atoms with Crippen molar-refractivity contribution in [3.05, 3.63) is 89.5 Å². The van der Waals surface area contributed by atoms with E-state index in [2.05, 4.69) is 14.5 Å². The predicted molar refractivity (Wildman–Crippen MR) is 151 cm³/mol. The molecule has 0 bridgehead atoms. The van der Waals surface area contributed by atoms with Gasteiger partial charge in [-0.2, -0.15) is 0 Å². The van der Waals surface area contributed by atoms with Crippen molar-refractivity contribution < 1.29 is 36.2 Å². The van der Waals surface area contributed by atoms with Crippen LogP contribution in [0.5, 0.6) is 11.5 Å². The Morgan fingerprint density at radius 2 is 1.58 bits per heavy atom. The van der Waals surface area contributed by atoms with Crippen molar-refractivity contribution in [2.24, 2.45) is 0 Å². The van der Waals surface area contributed by atoms with Crippen LogP contribution in [-0.4, -0.2) is 45.2 Å². The molecule has 1 aliphatic heterocycles. The molecule has 0 radical (unpaired) electrons. The lowest BCUT2D eigenvalue weighted by molar-refractivity contribution is -0.286. The van der Waals surface area contributed by atoms with E-state index in [0.29, 0.717) is 39.8 Å². The number of aliphatic hydroxyl groups is 1. The Morgan fingerprint density at radius 3 is 2.26 bits per heavy atom. The van der Waals surface area contributed by atoms with Gasteiger partial charge in [-0.25, -0.2) is 22.8 Å². The van der Waals surface area contributed by atoms with E-state index in [4.69, 9.17) is 4.98 Å². The summed E-state index contributed by atoms with van der Waals surface area (Å²) in [6.07, 6.45) is 0.738. The van der Waals surface area contributed by atoms with Crippen molar-refractivity contribution in [3.8, 4) is 45.4 Å². The summed E-state index contributed by atoms with van der Waals surface area (Å²) in [5.41, 5.74) is 3.49. The zero-order valence-electron chi connectivity index (χ0n) is 23.4. The van der Waals surface area contributed by atoms with Gasteiger partial charge in [-0.1, -0.05) is 6.07 Å². The van der Waals surface area contributed by atoms with E-state index in [0.717, 1.165) is 11.9 Å². The number of aryl methyl sites for hydroxylation is 3. The highest BCUT2D eigenvalue weighted by Crippen LogP contribution is 2.43. The molecule has 5 aromatic rings. The summed E-state index contributed by atoms with van der Waals surface area (Å²) < 4.78 is 80.3. The van der Waals surface area contributed by atoms with Crippen molar-refractivity contribution in [2.75, 3.05) is 6.26 Å². The normalized spacial score (nSPS) is 14.0. The number of hydrogen-bond acceptors (Lipinski definition) is 7. The fourth-order valence-corrected chi connectivity index (χ4v) is 6.15. The molecule has 43 heavy (non-hydrogen) atoms. The number of alkyl halides is 2. The molecule has 0 atom stereocenters. The summed E-state index contributed by atoms with van der Waals surface area (Å²) in [6, 6.07) is 12.1. The minimum absolute atomic E-state index is 0.102. The van der Waals surface area contributed by atoms with E-state index < -0.39 is 28.6 Å². The maximum Gasteiger partial charge on any atom is 0.586 e. The lowest BCUT2D eigenvalue weighted by atomic mass is 9.99. The van der Waals surface area contributed by atoms with Gasteiger partial charge in [0.05, 0.1) is 34.3 Å². The Morgan fingerprint density at radius 1 is 0.884 bits per heavy atom. The number of nitrogens with zero attached hydrogens (tertiary/aromatic N) is 4. The number of ether oxygens (including phenoxy) is 2. The molecule has 0 unspecified atom stereocenters. The first kappa shape index (κ1) is 28.5. The van der Waals surface area contributed by atoms with Crippen molar-refractivity contribution in [1.82, 2.24) is 19.1 Å². The number of halogens is 3. The summed E-state index contributed by atoms with van der Waals surface area (Å²) in [5.74, 6) is 0.00415. The first-order valence-corrected chi connectivity index (χ1v) is 14.9. The maximum absolute atomic E-state index is 15.1. The highest BCUT2D eigenvalue weighted by Gasteiger charge is 2.43. The van der Waals surface area contributed by atoms with Gasteiger partial charge in [0, 0.05) is 35.8 Å². The Kier molecular flexibility index (Phi) is 6.62. The van der Waals surface area contributed by atoms with Crippen molar-refractivity contribution in [2.45, 2.75) is 38.6 Å². The largest absolute Gasteiger partial charge is 0.586 e. The molecule has 9 nitrogen and oxygen atoms in total. The number of sulfone groups is 1. The molecule has 13 heteroatoms. The standard InChI is InChI=1S/C30H25F3N4O5S/c1-16-13-36(18(3)34-16)25-7-5-19(20-10-24(31)23(15-38)28(11-20)43(4,39)40)9-22(25)29-35-17(2)14-37(29)21-6-8-26-27(12-21)42-30(32,33)41-26/h5-14,38H,15H2,1-4H3. The molecule has 1 aliphatic rings. The molecule has 3 heterocycles. The third kappa shape index (κ3) is 5.14. The Balaban J connectivity index is 1.58. The molecule has 1 N–H and O–H groups in total. The summed E-state index contributed by atoms with van der Waals surface area (Å²) in [6.45, 7) is 4.68. The van der Waals surface area contributed by atoms with Gasteiger partial charge in [-0.05, 0) is 68.3 Å². The van der Waals surface area contributed by atoms with Gasteiger partial charge in [-0.3, -0.25) is 4.57 Å². The van der Waals surface area contributed by atoms with Crippen LogP contribution >= 0.6 is 0 Å². The first-order valence-electron chi connectivity index (χ1n) is 13.0. The molecule has 0 amide bonds. The van der Waals surface area contributed by atoms with Gasteiger partial charge in [0.25, 0.3) is 0 Å². The minimum Gasteiger partial charge on any atom is -0.395 e. The summed E-state index contributed by atoms with van der Waals surface area (Å²) >= 11 is 0. The van der Waals surface area contributed by atoms with Crippen LogP contribution in [0.15, 0.2) is 65.8 Å². The monoisotopic (exact) mass is 610 g/mol. The van der Waals surface area contributed by atoms with Gasteiger partial charge in [0.15, 0.2) is 21.3 Å². The lowest BCUT2D eigenvalue weighted by Crippen LogP contribution is -2.25. The zero-order chi connectivity index (χ0) is 30.8. The maximum atomic E-state index is 15.1. The molecule has 222 valence electrons. The van der Waals surface area contributed by atoms with Gasteiger partial charge in [0.1, 0.15) is 17.5 Å². The first-order chi connectivity index (χ1) is 20.2. The van der Waals surface area contributed by atoms with Crippen LogP contribution in [0.1, 0.15) is 22.8 Å². The second-order valence-electron chi connectivity index (χ2n) is 10.3. The van der Waals surface area contributed by atoms with E-state index in [1.54, 1.807) is 42.0 Å². The average Bonchev–Trinajstić information content (AvgIpc) is 3.58. The van der Waals surface area contributed by atoms with Crippen LogP contribution in [0.25, 0.3) is 33.9 Å². The van der Waals surface area contributed by atoms with E-state index >= 15 is 4.39 Å². The average molecular weight is 611 g/mol. The van der Waals surface area contributed by atoms with Gasteiger partial charge in [-0.15, -0.1) is 8.78 Å². The van der Waals surface area contributed by atoms with E-state index in [-0.39, 0.29) is 27.5 Å². The Labute approximate surface area is 244 Å². The van der Waals surface area contributed by atoms with Crippen LogP contribution < -0.4 is 9.47 Å². The number of aliphatic hydroxyl groups excluding tert-OH is 1. The molecule has 6 rings (SSSR count). The molecular formula is C30H25F3N4O5S. The highest BCUT2D eigenvalue weighted by molar-refractivity contribution is 7.90. The number of fused-ring (bicyclic) bond motifs is 1. The van der Waals surface area contributed by atoms with Gasteiger partial charge < -0.3 is 19.1 Å². The lowest BCUT2D eigenvalue weighted by Gasteiger charge is -2.17. The Hall–Kier alpha value is -4.62. The van der Waals surface area contributed by atoms with Crippen molar-refractivity contribution in [1.29, 1.82) is 0 Å². The molecule has 0 saturated carbocycles. The van der Waals surface area contributed by atoms with Crippen LogP contribution in [0.4, 0.5) is 13.2 Å². The van der Waals surface area contributed by atoms with Crippen LogP contribution in [0, 0.1) is 26.6 Å². The summed E-state index contributed by atoms with van der Waals surface area (Å²) in [7, 11) is -3.87.